The first-order valence-corrected chi connectivity index (χ1v) is 10.1. The number of rotatable bonds is 1. The molecule has 0 saturated carbocycles. The molecule has 0 aromatic carbocycles. The summed E-state index contributed by atoms with van der Waals surface area (Å²) in [6.07, 6.45) is 0. The maximum absolute atomic E-state index is 5.50. The predicted molar refractivity (Wildman–Crippen MR) is 20.5 cm³/mol. The Balaban J connectivity index is 2.54. The molecule has 0 atom stereocenters. The zero-order valence-corrected chi connectivity index (χ0v) is 7.38. The van der Waals surface area contributed by atoms with Gasteiger partial charge in [0.1, 0.15) is 0 Å². The summed E-state index contributed by atoms with van der Waals surface area (Å²) in [5.74, 6) is 0. The first-order valence-electron chi connectivity index (χ1n) is 1.85. The topological polar surface area (TPSA) is 26.0 Å². The van der Waals surface area contributed by atoms with Gasteiger partial charge in [-0.25, -0.2) is 0 Å². The standard InChI is InChI=1S/C2H5.CH3.Hf.H2N/c1-2;;;/h1H2,2H3;1H3;;1H2/q;;+1;-1. The molecule has 0 heterocycles. The molecule has 0 aliphatic rings. The Morgan fingerprint density at radius 2 is 2.00 bits per heavy atom. The van der Waals surface area contributed by atoms with E-state index in [1.54, 1.807) is 0 Å². The van der Waals surface area contributed by atoms with Gasteiger partial charge in [-0.15, -0.1) is 0 Å². The molecule has 0 unspecified atom stereocenters. The van der Waals surface area contributed by atoms with Gasteiger partial charge in [-0.1, -0.05) is 0 Å². The third-order valence-corrected chi connectivity index (χ3v) is 4.56. The summed E-state index contributed by atoms with van der Waals surface area (Å²) >= 11 is -1.20. The van der Waals surface area contributed by atoms with E-state index in [9.17, 15) is 0 Å². The van der Waals surface area contributed by atoms with Crippen LogP contribution in [-0.4, -0.2) is 0 Å². The van der Waals surface area contributed by atoms with Gasteiger partial charge in [-0.05, 0) is 0 Å². The summed E-state index contributed by atoms with van der Waals surface area (Å²) in [5, 5.41) is 0. The zero-order valence-electron chi connectivity index (χ0n) is 3.78. The second kappa shape index (κ2) is 3.04. The van der Waals surface area contributed by atoms with Crippen LogP contribution in [0, 0.1) is 0 Å². The third-order valence-electron chi connectivity index (χ3n) is 0.558. The van der Waals surface area contributed by atoms with Crippen molar-refractivity contribution in [2.75, 3.05) is 0 Å². The Hall–Kier alpha value is 0.830. The molecule has 0 aromatic heterocycles. The number of hydrogen-bond donors (Lipinski definition) is 1. The van der Waals surface area contributed by atoms with Crippen LogP contribution in [0.3, 0.4) is 0 Å². The molecule has 0 spiro atoms. The summed E-state index contributed by atoms with van der Waals surface area (Å²) in [6.45, 7) is 2.17. The molecule has 31 valence electrons. The van der Waals surface area contributed by atoms with Crippen molar-refractivity contribution in [1.82, 2.24) is 0 Å². The molecule has 2 N–H and O–H groups in total. The first kappa shape index (κ1) is 5.83. The van der Waals surface area contributed by atoms with Crippen LogP contribution >= 0.6 is 0 Å². The number of hydrogen-bond acceptors (Lipinski definition) is 1. The van der Waals surface area contributed by atoms with Crippen molar-refractivity contribution in [3.8, 4) is 0 Å². The maximum atomic E-state index is 5.50. The van der Waals surface area contributed by atoms with Crippen molar-refractivity contribution in [3.63, 3.8) is 0 Å². The summed E-state index contributed by atoms with van der Waals surface area (Å²) in [4.78, 5) is 0. The Labute approximate surface area is 41.5 Å². The molecule has 0 rings (SSSR count). The SMILES string of the molecule is C[CH2][Hf]([CH3])[NH2]. The summed E-state index contributed by atoms with van der Waals surface area (Å²) in [7, 11) is 0. The third kappa shape index (κ3) is 4.83. The minimum absolute atomic E-state index is 1.20. The summed E-state index contributed by atoms with van der Waals surface area (Å²) < 4.78 is 9.01. The zero-order chi connectivity index (χ0) is 4.28. The molecule has 0 saturated heterocycles. The van der Waals surface area contributed by atoms with Crippen molar-refractivity contribution in [2.24, 2.45) is 3.72 Å². The quantitative estimate of drug-likeness (QED) is 0.677. The molecule has 0 amide bonds. The van der Waals surface area contributed by atoms with Gasteiger partial charge in [0.15, 0.2) is 0 Å². The van der Waals surface area contributed by atoms with Gasteiger partial charge < -0.3 is 0 Å². The fourth-order valence-electron chi connectivity index (χ4n) is 0. The molecule has 0 bridgehead atoms. The molecule has 2 heteroatoms. The van der Waals surface area contributed by atoms with Crippen molar-refractivity contribution in [2.45, 2.75) is 15.8 Å². The Bertz CT molecular complexity index is 20.9. The average Bonchev–Trinajstić information content (AvgIpc) is 1.38. The molecule has 0 aliphatic carbocycles. The molecule has 1 nitrogen and oxygen atoms in total. The average molecular weight is 239 g/mol. The predicted octanol–water partition coefficient (Wildman–Crippen LogP) is 0.965. The van der Waals surface area contributed by atoms with E-state index in [0.29, 0.717) is 0 Å². The van der Waals surface area contributed by atoms with E-state index in [-0.39, 0.29) is 0 Å². The van der Waals surface area contributed by atoms with Gasteiger partial charge >= 0.3 is 41.2 Å². The van der Waals surface area contributed by atoms with Crippen LogP contribution in [0.15, 0.2) is 0 Å². The van der Waals surface area contributed by atoms with Gasteiger partial charge in [0.2, 0.25) is 0 Å². The van der Waals surface area contributed by atoms with Gasteiger partial charge in [-0.2, -0.15) is 0 Å². The van der Waals surface area contributed by atoms with Crippen molar-refractivity contribution >= 4 is 0 Å². The van der Waals surface area contributed by atoms with E-state index in [1.165, 1.54) is 4.18 Å². The van der Waals surface area contributed by atoms with E-state index in [4.69, 9.17) is 3.72 Å². The molecular formula is C3H10HfN. The second-order valence-corrected chi connectivity index (χ2v) is 9.82. The van der Waals surface area contributed by atoms with Crippen LogP contribution in [-0.2, 0) is 21.7 Å². The van der Waals surface area contributed by atoms with Crippen molar-refractivity contribution < 1.29 is 21.7 Å². The Morgan fingerprint density at radius 3 is 2.00 bits per heavy atom. The molecule has 0 aromatic rings. The molecule has 0 aliphatic heterocycles. The fourth-order valence-corrected chi connectivity index (χ4v) is 0. The first-order chi connectivity index (χ1) is 2.27. The van der Waals surface area contributed by atoms with Gasteiger partial charge in [-0.3, -0.25) is 0 Å². The Morgan fingerprint density at radius 1 is 1.80 bits per heavy atom. The van der Waals surface area contributed by atoms with E-state index >= 15 is 0 Å². The van der Waals surface area contributed by atoms with Crippen LogP contribution < -0.4 is 3.72 Å². The van der Waals surface area contributed by atoms with E-state index < -0.39 is 21.7 Å². The molecule has 0 fully saturated rings. The summed E-state index contributed by atoms with van der Waals surface area (Å²) in [5.41, 5.74) is 0. The normalized spacial score (nSPS) is 7.80. The van der Waals surface area contributed by atoms with Crippen LogP contribution in [0.4, 0.5) is 0 Å². The van der Waals surface area contributed by atoms with Crippen molar-refractivity contribution in [1.29, 1.82) is 0 Å². The van der Waals surface area contributed by atoms with E-state index in [0.717, 1.165) is 0 Å². The fraction of sp³-hybridized carbons (Fsp3) is 1.00. The van der Waals surface area contributed by atoms with E-state index in [1.807, 2.05) is 0 Å². The van der Waals surface area contributed by atoms with Crippen LogP contribution in [0.1, 0.15) is 6.92 Å². The van der Waals surface area contributed by atoms with Crippen LogP contribution in [0.2, 0.25) is 8.86 Å². The van der Waals surface area contributed by atoms with Gasteiger partial charge in [0.05, 0.1) is 0 Å². The second-order valence-electron chi connectivity index (χ2n) is 1.20. The molecular weight excluding hydrogens is 229 g/mol. The van der Waals surface area contributed by atoms with Gasteiger partial charge in [0.25, 0.3) is 0 Å². The number of nitrogens with two attached hydrogens (primary N) is 1. The minimum atomic E-state index is -1.20. The molecule has 0 radical (unpaired) electrons. The summed E-state index contributed by atoms with van der Waals surface area (Å²) in [6, 6.07) is 0. The van der Waals surface area contributed by atoms with Crippen molar-refractivity contribution in [3.05, 3.63) is 0 Å². The monoisotopic (exact) mass is 240 g/mol. The van der Waals surface area contributed by atoms with Crippen LogP contribution in [0.5, 0.6) is 0 Å². The van der Waals surface area contributed by atoms with Crippen LogP contribution in [0.25, 0.3) is 0 Å². The molecule has 5 heavy (non-hydrogen) atoms. The van der Waals surface area contributed by atoms with Gasteiger partial charge in [0, 0.05) is 0 Å². The van der Waals surface area contributed by atoms with E-state index in [2.05, 4.69) is 11.6 Å². The Kier molecular flexibility index (Phi) is 3.54.